The first-order valence-electron chi connectivity index (χ1n) is 3.13. The summed E-state index contributed by atoms with van der Waals surface area (Å²) < 4.78 is 0. The summed E-state index contributed by atoms with van der Waals surface area (Å²) in [7, 11) is 0. The van der Waals surface area contributed by atoms with E-state index in [1.807, 2.05) is 24.3 Å². The Labute approximate surface area is 65.5 Å². The van der Waals surface area contributed by atoms with Gasteiger partial charge in [0.2, 0.25) is 0 Å². The van der Waals surface area contributed by atoms with E-state index in [0.717, 1.165) is 10.9 Å². The van der Waals surface area contributed by atoms with Crippen LogP contribution >= 0.6 is 0 Å². The predicted molar refractivity (Wildman–Crippen MR) is 46.7 cm³/mol. The van der Waals surface area contributed by atoms with Crippen LogP contribution in [0.15, 0.2) is 30.3 Å². The number of para-hydroxylation sites is 1. The molecule has 0 amide bonds. The van der Waals surface area contributed by atoms with Crippen LogP contribution in [0.3, 0.4) is 0 Å². The minimum absolute atomic E-state index is 0. The van der Waals surface area contributed by atoms with Crippen LogP contribution in [0.4, 0.5) is 0 Å². The van der Waals surface area contributed by atoms with Gasteiger partial charge in [0, 0.05) is 17.0 Å². The first-order chi connectivity index (χ1) is 4.86. The Hall–Kier alpha value is -1.44. The number of aromatic nitrogens is 1. The van der Waals surface area contributed by atoms with Crippen LogP contribution in [0.25, 0.3) is 10.9 Å². The van der Waals surface area contributed by atoms with E-state index in [4.69, 9.17) is 5.11 Å². The Balaban J connectivity index is 0.000000605. The van der Waals surface area contributed by atoms with E-state index >= 15 is 0 Å². The van der Waals surface area contributed by atoms with Gasteiger partial charge in [-0.15, -0.1) is 0 Å². The molecule has 2 N–H and O–H groups in total. The zero-order valence-corrected chi connectivity index (χ0v) is 5.33. The highest BCUT2D eigenvalue weighted by molar-refractivity contribution is 5.80. The smallest absolute Gasteiger partial charge is 0.189 e. The van der Waals surface area contributed by atoms with Gasteiger partial charge in [-0.1, -0.05) is 25.6 Å². The highest BCUT2D eigenvalue weighted by Gasteiger charge is 1.94. The molecular formula is C9H11NO. The lowest BCUT2D eigenvalue weighted by molar-refractivity contribution is 0.458. The number of H-pyrrole nitrogens is 1. The fourth-order valence-corrected chi connectivity index (χ4v) is 1.06. The largest absolute Gasteiger partial charge is 0.495 e. The van der Waals surface area contributed by atoms with Crippen LogP contribution in [-0.2, 0) is 0 Å². The molecule has 2 nitrogen and oxygen atoms in total. The number of aromatic amines is 1. The van der Waals surface area contributed by atoms with Crippen molar-refractivity contribution in [3.05, 3.63) is 30.3 Å². The fraction of sp³-hybridized carbons (Fsp3) is 0.111. The van der Waals surface area contributed by atoms with Crippen molar-refractivity contribution in [2.75, 3.05) is 0 Å². The van der Waals surface area contributed by atoms with Gasteiger partial charge in [-0.3, -0.25) is 0 Å². The van der Waals surface area contributed by atoms with Gasteiger partial charge in [0.1, 0.15) is 0 Å². The molecule has 1 heterocycles. The second-order valence-electron chi connectivity index (χ2n) is 2.24. The quantitative estimate of drug-likeness (QED) is 0.593. The predicted octanol–water partition coefficient (Wildman–Crippen LogP) is 2.51. The van der Waals surface area contributed by atoms with Crippen LogP contribution in [-0.4, -0.2) is 10.1 Å². The van der Waals surface area contributed by atoms with E-state index < -0.39 is 0 Å². The van der Waals surface area contributed by atoms with Crippen molar-refractivity contribution < 1.29 is 5.11 Å². The average Bonchev–Trinajstić information content (AvgIpc) is 2.27. The Morgan fingerprint density at radius 2 is 1.91 bits per heavy atom. The lowest BCUT2D eigenvalue weighted by Crippen LogP contribution is -1.62. The number of rotatable bonds is 0. The average molecular weight is 149 g/mol. The lowest BCUT2D eigenvalue weighted by Gasteiger charge is -1.83. The lowest BCUT2D eigenvalue weighted by atomic mass is 10.3. The molecular weight excluding hydrogens is 138 g/mol. The normalized spacial score (nSPS) is 9.45. The Kier molecular flexibility index (Phi) is 1.85. The van der Waals surface area contributed by atoms with E-state index in [-0.39, 0.29) is 13.3 Å². The van der Waals surface area contributed by atoms with E-state index in [1.54, 1.807) is 6.07 Å². The van der Waals surface area contributed by atoms with E-state index in [2.05, 4.69) is 4.98 Å². The molecule has 0 bridgehead atoms. The number of hydrogen-bond acceptors (Lipinski definition) is 1. The van der Waals surface area contributed by atoms with Crippen molar-refractivity contribution in [1.29, 1.82) is 0 Å². The highest BCUT2D eigenvalue weighted by atomic mass is 16.3. The van der Waals surface area contributed by atoms with Gasteiger partial charge in [0.05, 0.1) is 0 Å². The third-order valence-corrected chi connectivity index (χ3v) is 1.52. The maximum absolute atomic E-state index is 9.00. The van der Waals surface area contributed by atoms with Gasteiger partial charge < -0.3 is 10.1 Å². The van der Waals surface area contributed by atoms with E-state index in [0.29, 0.717) is 0 Å². The Morgan fingerprint density at radius 1 is 1.18 bits per heavy atom. The number of aromatic hydroxyl groups is 1. The van der Waals surface area contributed by atoms with Gasteiger partial charge in [-0.05, 0) is 6.07 Å². The first-order valence-corrected chi connectivity index (χ1v) is 3.13. The van der Waals surface area contributed by atoms with Crippen molar-refractivity contribution in [1.82, 2.24) is 4.98 Å². The Morgan fingerprint density at radius 3 is 2.64 bits per heavy atom. The van der Waals surface area contributed by atoms with Gasteiger partial charge in [-0.2, -0.15) is 0 Å². The Bertz CT molecular complexity index is 318. The molecule has 11 heavy (non-hydrogen) atoms. The summed E-state index contributed by atoms with van der Waals surface area (Å²) in [5, 5.41) is 10.0. The molecule has 58 valence electrons. The molecule has 0 saturated carbocycles. The van der Waals surface area contributed by atoms with E-state index in [9.17, 15) is 0 Å². The van der Waals surface area contributed by atoms with Crippen LogP contribution in [0.2, 0.25) is 0 Å². The standard InChI is InChI=1S/C8H7NO.CH4/c10-8-5-6-3-1-2-4-7(6)9-8;/h1-5,9-10H;1H4. The molecule has 2 rings (SSSR count). The second kappa shape index (κ2) is 2.66. The van der Waals surface area contributed by atoms with Gasteiger partial charge in [0.25, 0.3) is 0 Å². The topological polar surface area (TPSA) is 36.0 Å². The van der Waals surface area contributed by atoms with E-state index in [1.165, 1.54) is 0 Å². The summed E-state index contributed by atoms with van der Waals surface area (Å²) in [6, 6.07) is 9.45. The second-order valence-corrected chi connectivity index (χ2v) is 2.24. The van der Waals surface area contributed by atoms with Crippen LogP contribution in [0, 0.1) is 0 Å². The summed E-state index contributed by atoms with van der Waals surface area (Å²) in [6.07, 6.45) is 0. The summed E-state index contributed by atoms with van der Waals surface area (Å²) in [6.45, 7) is 0. The zero-order valence-electron chi connectivity index (χ0n) is 5.33. The van der Waals surface area contributed by atoms with Crippen molar-refractivity contribution in [2.24, 2.45) is 0 Å². The molecule has 0 aliphatic carbocycles. The molecule has 0 aliphatic heterocycles. The van der Waals surface area contributed by atoms with Crippen LogP contribution in [0.1, 0.15) is 7.43 Å². The summed E-state index contributed by atoms with van der Waals surface area (Å²) >= 11 is 0. The number of benzene rings is 1. The third-order valence-electron chi connectivity index (χ3n) is 1.52. The molecule has 0 radical (unpaired) electrons. The molecule has 0 fully saturated rings. The minimum Gasteiger partial charge on any atom is -0.495 e. The SMILES string of the molecule is C.Oc1cc2ccccc2[nH]1. The summed E-state index contributed by atoms with van der Waals surface area (Å²) in [5.74, 6) is 0.223. The molecule has 1 aromatic carbocycles. The van der Waals surface area contributed by atoms with Gasteiger partial charge >= 0.3 is 0 Å². The van der Waals surface area contributed by atoms with Crippen LogP contribution in [0.5, 0.6) is 5.88 Å². The molecule has 0 unspecified atom stereocenters. The molecule has 2 aromatic rings. The summed E-state index contributed by atoms with van der Waals surface area (Å²) in [4.78, 5) is 2.81. The van der Waals surface area contributed by atoms with Crippen molar-refractivity contribution in [2.45, 2.75) is 7.43 Å². The number of hydrogen-bond donors (Lipinski definition) is 2. The zero-order chi connectivity index (χ0) is 6.97. The maximum Gasteiger partial charge on any atom is 0.189 e. The monoisotopic (exact) mass is 149 g/mol. The molecule has 0 aliphatic rings. The van der Waals surface area contributed by atoms with Crippen molar-refractivity contribution in [3.8, 4) is 5.88 Å². The molecule has 0 spiro atoms. The fourth-order valence-electron chi connectivity index (χ4n) is 1.06. The number of nitrogens with one attached hydrogen (secondary N) is 1. The van der Waals surface area contributed by atoms with Crippen molar-refractivity contribution in [3.63, 3.8) is 0 Å². The minimum atomic E-state index is 0. The van der Waals surface area contributed by atoms with Gasteiger partial charge in [-0.25, -0.2) is 0 Å². The van der Waals surface area contributed by atoms with Gasteiger partial charge in [0.15, 0.2) is 5.88 Å². The highest BCUT2D eigenvalue weighted by Crippen LogP contribution is 2.17. The molecule has 0 atom stereocenters. The molecule has 1 aromatic heterocycles. The molecule has 2 heteroatoms. The summed E-state index contributed by atoms with van der Waals surface area (Å²) in [5.41, 5.74) is 0.972. The van der Waals surface area contributed by atoms with Crippen molar-refractivity contribution >= 4 is 10.9 Å². The third kappa shape index (κ3) is 1.19. The maximum atomic E-state index is 9.00. The number of fused-ring (bicyclic) bond motifs is 1. The molecule has 0 saturated heterocycles. The van der Waals surface area contributed by atoms with Crippen LogP contribution < -0.4 is 0 Å². The first kappa shape index (κ1) is 7.66.